The van der Waals surface area contributed by atoms with Gasteiger partial charge in [0.15, 0.2) is 15.0 Å². The minimum Gasteiger partial charge on any atom is -0.495 e. The molecule has 4 rings (SSSR count). The highest BCUT2D eigenvalue weighted by molar-refractivity contribution is 7.99. The number of benzene rings is 2. The van der Waals surface area contributed by atoms with Crippen LogP contribution in [0.5, 0.6) is 5.75 Å². The summed E-state index contributed by atoms with van der Waals surface area (Å²) in [5.41, 5.74) is 0.823. The summed E-state index contributed by atoms with van der Waals surface area (Å²) in [5, 5.41) is 0.834. The van der Waals surface area contributed by atoms with Crippen LogP contribution in [0.1, 0.15) is 26.7 Å². The summed E-state index contributed by atoms with van der Waals surface area (Å²) in [4.78, 5) is 33.3. The molecular weight excluding hydrogens is 486 g/mol. The zero-order valence-corrected chi connectivity index (χ0v) is 21.6. The number of carbonyl (C=O) groups excluding carboxylic acids is 1. The van der Waals surface area contributed by atoms with E-state index in [1.54, 1.807) is 35.2 Å². The Kier molecular flexibility index (Phi) is 7.51. The van der Waals surface area contributed by atoms with Crippen LogP contribution in [0.2, 0.25) is 0 Å². The number of aromatic nitrogens is 2. The number of ether oxygens (including phenoxy) is 1. The lowest BCUT2D eigenvalue weighted by atomic mass is 10.1. The lowest BCUT2D eigenvalue weighted by molar-refractivity contribution is -0.132. The van der Waals surface area contributed by atoms with Crippen LogP contribution in [0.25, 0.3) is 16.6 Å². The second kappa shape index (κ2) is 10.4. The van der Waals surface area contributed by atoms with Crippen LogP contribution >= 0.6 is 11.8 Å². The van der Waals surface area contributed by atoms with E-state index in [0.29, 0.717) is 40.3 Å². The number of amides is 1. The van der Waals surface area contributed by atoms with Crippen molar-refractivity contribution in [1.29, 1.82) is 0 Å². The van der Waals surface area contributed by atoms with Crippen molar-refractivity contribution in [2.45, 2.75) is 43.9 Å². The van der Waals surface area contributed by atoms with Crippen LogP contribution in [0.15, 0.2) is 58.5 Å². The van der Waals surface area contributed by atoms with Crippen LogP contribution in [0.4, 0.5) is 0 Å². The van der Waals surface area contributed by atoms with E-state index in [0.717, 1.165) is 0 Å². The van der Waals surface area contributed by atoms with Gasteiger partial charge in [-0.05, 0) is 44.0 Å². The number of rotatable bonds is 8. The first-order chi connectivity index (χ1) is 16.8. The Morgan fingerprint density at radius 2 is 1.94 bits per heavy atom. The molecule has 1 aliphatic rings. The van der Waals surface area contributed by atoms with E-state index in [-0.39, 0.29) is 40.8 Å². The van der Waals surface area contributed by atoms with Gasteiger partial charge in [0, 0.05) is 12.1 Å². The second-order valence-electron chi connectivity index (χ2n) is 8.63. The van der Waals surface area contributed by atoms with Crippen LogP contribution < -0.4 is 10.3 Å². The number of hydrogen-bond donors (Lipinski definition) is 0. The van der Waals surface area contributed by atoms with Gasteiger partial charge in [0.05, 0.1) is 41.0 Å². The van der Waals surface area contributed by atoms with Gasteiger partial charge in [-0.3, -0.25) is 14.2 Å². The fourth-order valence-corrected chi connectivity index (χ4v) is 7.02. The van der Waals surface area contributed by atoms with Crippen molar-refractivity contribution < 1.29 is 17.9 Å². The van der Waals surface area contributed by atoms with Crippen molar-refractivity contribution in [2.75, 3.05) is 24.4 Å². The number of para-hydroxylation sites is 3. The molecule has 1 amide bonds. The monoisotopic (exact) mass is 515 g/mol. The highest BCUT2D eigenvalue weighted by Gasteiger charge is 2.36. The third-order valence-electron chi connectivity index (χ3n) is 6.35. The third kappa shape index (κ3) is 5.23. The van der Waals surface area contributed by atoms with Crippen molar-refractivity contribution >= 4 is 38.4 Å². The number of thioether (sulfide) groups is 1. The standard InChI is InChI=1S/C25H29N3O5S2/c1-4-17(2)27(18-13-14-35(31,32)16-18)23(29)15-34-25-26-20-10-6-5-9-19(20)24(30)28(25)21-11-7-8-12-22(21)33-3/h5-12,17-18H,4,13-16H2,1-3H3/t17-,18-/m0/s1. The molecule has 8 nitrogen and oxygen atoms in total. The molecule has 0 unspecified atom stereocenters. The van der Waals surface area contributed by atoms with Gasteiger partial charge in [-0.2, -0.15) is 0 Å². The number of methoxy groups -OCH3 is 1. The summed E-state index contributed by atoms with van der Waals surface area (Å²) in [6, 6.07) is 13.8. The fraction of sp³-hybridized carbons (Fsp3) is 0.400. The van der Waals surface area contributed by atoms with Crippen LogP contribution in [0, 0.1) is 0 Å². The topological polar surface area (TPSA) is 98.6 Å². The normalized spacial score (nSPS) is 17.9. The predicted molar refractivity (Wildman–Crippen MR) is 138 cm³/mol. The predicted octanol–water partition coefficient (Wildman–Crippen LogP) is 3.30. The van der Waals surface area contributed by atoms with E-state index >= 15 is 0 Å². The molecule has 2 heterocycles. The zero-order chi connectivity index (χ0) is 25.2. The highest BCUT2D eigenvalue weighted by Crippen LogP contribution is 2.28. The molecule has 1 saturated heterocycles. The maximum absolute atomic E-state index is 13.5. The van der Waals surface area contributed by atoms with E-state index < -0.39 is 9.84 Å². The molecule has 0 N–H and O–H groups in total. The Hall–Kier alpha value is -2.85. The molecule has 1 fully saturated rings. The third-order valence-corrected chi connectivity index (χ3v) is 9.02. The summed E-state index contributed by atoms with van der Waals surface area (Å²) in [6.45, 7) is 3.91. The number of nitrogens with zero attached hydrogens (tertiary/aromatic N) is 3. The average molecular weight is 516 g/mol. The smallest absolute Gasteiger partial charge is 0.266 e. The first-order valence-corrected chi connectivity index (χ1v) is 14.4. The molecule has 186 valence electrons. The van der Waals surface area contributed by atoms with Crippen molar-refractivity contribution in [2.24, 2.45) is 0 Å². The van der Waals surface area contributed by atoms with Crippen molar-refractivity contribution in [3.05, 3.63) is 58.9 Å². The van der Waals surface area contributed by atoms with Crippen molar-refractivity contribution in [3.8, 4) is 11.4 Å². The maximum atomic E-state index is 13.5. The minimum absolute atomic E-state index is 0.00606. The summed E-state index contributed by atoms with van der Waals surface area (Å²) in [6.07, 6.45) is 1.16. The van der Waals surface area contributed by atoms with Gasteiger partial charge < -0.3 is 9.64 Å². The number of hydrogen-bond acceptors (Lipinski definition) is 7. The lowest BCUT2D eigenvalue weighted by Crippen LogP contribution is -2.47. The Bertz CT molecular complexity index is 1400. The van der Waals surface area contributed by atoms with E-state index in [1.807, 2.05) is 32.0 Å². The summed E-state index contributed by atoms with van der Waals surface area (Å²) in [7, 11) is -1.60. The molecule has 0 spiro atoms. The number of carbonyl (C=O) groups is 1. The summed E-state index contributed by atoms with van der Waals surface area (Å²) < 4.78 is 31.1. The van der Waals surface area contributed by atoms with Gasteiger partial charge >= 0.3 is 0 Å². The molecule has 3 aromatic rings. The molecule has 2 atom stereocenters. The van der Waals surface area contributed by atoms with Crippen LogP contribution in [0.3, 0.4) is 0 Å². The van der Waals surface area contributed by atoms with Gasteiger partial charge in [0.1, 0.15) is 5.75 Å². The number of sulfone groups is 1. The highest BCUT2D eigenvalue weighted by atomic mass is 32.2. The minimum atomic E-state index is -3.14. The van der Waals surface area contributed by atoms with E-state index in [1.165, 1.54) is 23.4 Å². The quantitative estimate of drug-likeness (QED) is 0.335. The Labute approximate surface area is 209 Å². The van der Waals surface area contributed by atoms with E-state index in [9.17, 15) is 18.0 Å². The maximum Gasteiger partial charge on any atom is 0.266 e. The van der Waals surface area contributed by atoms with Crippen molar-refractivity contribution in [1.82, 2.24) is 14.5 Å². The molecule has 2 aromatic carbocycles. The molecule has 1 aliphatic heterocycles. The van der Waals surface area contributed by atoms with E-state index in [4.69, 9.17) is 9.72 Å². The molecule has 10 heteroatoms. The first kappa shape index (κ1) is 25.2. The SMILES string of the molecule is CC[C@H](C)N(C(=O)CSc1nc2ccccc2c(=O)n1-c1ccccc1OC)[C@H]1CCS(=O)(=O)C1. The van der Waals surface area contributed by atoms with Gasteiger partial charge in [0.2, 0.25) is 5.91 Å². The number of fused-ring (bicyclic) bond motifs is 1. The van der Waals surface area contributed by atoms with E-state index in [2.05, 4.69) is 0 Å². The Morgan fingerprint density at radius 1 is 1.23 bits per heavy atom. The molecule has 0 aliphatic carbocycles. The lowest BCUT2D eigenvalue weighted by Gasteiger charge is -2.33. The molecule has 0 radical (unpaired) electrons. The van der Waals surface area contributed by atoms with Crippen LogP contribution in [-0.4, -0.2) is 65.2 Å². The molecule has 0 saturated carbocycles. The second-order valence-corrected chi connectivity index (χ2v) is 11.8. The first-order valence-electron chi connectivity index (χ1n) is 11.5. The molecule has 35 heavy (non-hydrogen) atoms. The Balaban J connectivity index is 1.72. The molecule has 1 aromatic heterocycles. The average Bonchev–Trinajstić information content (AvgIpc) is 3.21. The summed E-state index contributed by atoms with van der Waals surface area (Å²) in [5.74, 6) is 0.469. The van der Waals surface area contributed by atoms with Gasteiger partial charge in [-0.25, -0.2) is 13.4 Å². The van der Waals surface area contributed by atoms with Crippen molar-refractivity contribution in [3.63, 3.8) is 0 Å². The van der Waals surface area contributed by atoms with Gasteiger partial charge in [-0.15, -0.1) is 0 Å². The van der Waals surface area contributed by atoms with Gasteiger partial charge in [0.25, 0.3) is 5.56 Å². The summed E-state index contributed by atoms with van der Waals surface area (Å²) >= 11 is 1.17. The van der Waals surface area contributed by atoms with Crippen LogP contribution in [-0.2, 0) is 14.6 Å². The zero-order valence-electron chi connectivity index (χ0n) is 20.0. The largest absolute Gasteiger partial charge is 0.495 e. The fourth-order valence-electron chi connectivity index (χ4n) is 4.44. The van der Waals surface area contributed by atoms with Gasteiger partial charge in [-0.1, -0.05) is 43.0 Å². The molecular formula is C25H29N3O5S2. The molecule has 0 bridgehead atoms. The Morgan fingerprint density at radius 3 is 2.63 bits per heavy atom.